The minimum Gasteiger partial charge on any atom is -0.366 e. The molecule has 190 valence electrons. The summed E-state index contributed by atoms with van der Waals surface area (Å²) >= 11 is 0. The first-order chi connectivity index (χ1) is 16.7. The molecule has 0 bridgehead atoms. The van der Waals surface area contributed by atoms with Crippen LogP contribution >= 0.6 is 0 Å². The molecule has 1 N–H and O–H groups in total. The topological polar surface area (TPSA) is 90.9 Å². The summed E-state index contributed by atoms with van der Waals surface area (Å²) in [5, 5.41) is 2.93. The maximum absolute atomic E-state index is 12.9. The Morgan fingerprint density at radius 2 is 1.91 bits per heavy atom. The molecule has 3 amide bonds. The highest BCUT2D eigenvalue weighted by Crippen LogP contribution is 2.53. The summed E-state index contributed by atoms with van der Waals surface area (Å²) in [6.07, 6.45) is 2.69. The average Bonchev–Trinajstić information content (AvgIpc) is 2.72. The quantitative estimate of drug-likeness (QED) is 0.684. The molecule has 0 radical (unpaired) electrons. The fraction of sp³-hybridized carbons (Fsp3) is 0.739. The number of hydrogen-bond donors (Lipinski definition) is 1. The van der Waals surface area contributed by atoms with Gasteiger partial charge in [0.05, 0.1) is 36.2 Å². The Morgan fingerprint density at radius 1 is 1.14 bits per heavy atom. The van der Waals surface area contributed by atoms with Gasteiger partial charge in [0.25, 0.3) is 0 Å². The second kappa shape index (κ2) is 8.21. The first-order valence-electron chi connectivity index (χ1n) is 12.2. The van der Waals surface area contributed by atoms with Crippen LogP contribution in [-0.4, -0.2) is 95.9 Å². The van der Waals surface area contributed by atoms with Crippen molar-refractivity contribution in [2.45, 2.75) is 44.0 Å². The van der Waals surface area contributed by atoms with Gasteiger partial charge in [-0.1, -0.05) is 0 Å². The summed E-state index contributed by atoms with van der Waals surface area (Å²) in [5.41, 5.74) is 1.05. The molecule has 1 aromatic heterocycles. The van der Waals surface area contributed by atoms with E-state index in [-0.39, 0.29) is 49.2 Å². The summed E-state index contributed by atoms with van der Waals surface area (Å²) < 4.78 is 43.6. The number of halogens is 3. The number of rotatable bonds is 3. The van der Waals surface area contributed by atoms with Gasteiger partial charge in [0.2, 0.25) is 5.91 Å². The summed E-state index contributed by atoms with van der Waals surface area (Å²) in [6.45, 7) is 2.64. The molecule has 5 fully saturated rings. The molecule has 0 unspecified atom stereocenters. The lowest BCUT2D eigenvalue weighted by Gasteiger charge is -2.60. The fourth-order valence-electron chi connectivity index (χ4n) is 6.32. The van der Waals surface area contributed by atoms with E-state index in [1.54, 1.807) is 17.3 Å². The molecule has 6 rings (SSSR count). The van der Waals surface area contributed by atoms with Gasteiger partial charge >= 0.3 is 12.2 Å². The Balaban J connectivity index is 0.935. The van der Waals surface area contributed by atoms with Gasteiger partial charge in [0.15, 0.2) is 0 Å². The number of carbonyl (C=O) groups is 2. The van der Waals surface area contributed by atoms with Gasteiger partial charge in [-0.3, -0.25) is 9.78 Å². The third-order valence-electron chi connectivity index (χ3n) is 8.22. The number of morpholine rings is 1. The van der Waals surface area contributed by atoms with Crippen LogP contribution in [0.1, 0.15) is 25.0 Å². The van der Waals surface area contributed by atoms with Crippen molar-refractivity contribution in [3.63, 3.8) is 0 Å². The Kier molecular flexibility index (Phi) is 5.35. The number of piperidine rings is 1. The first-order valence-corrected chi connectivity index (χ1v) is 12.2. The standard InChI is InChI=1S/C23H29F3N6O3/c24-23(25,26)15-8-31(9-15)19-7-27-16(6-28-19)3-14-4-22(5-14)12-32(13-22)21(34)30-2-1-18-17(10-30)29-20(33)11-35-18/h6-7,14-15,17-18H,1-5,8-13H2,(H,29,33)/t17-,18+/m1/s1. The second-order valence-electron chi connectivity index (χ2n) is 10.9. The molecular formula is C23H29F3N6O3. The number of anilines is 1. The highest BCUT2D eigenvalue weighted by molar-refractivity contribution is 5.79. The zero-order valence-corrected chi connectivity index (χ0v) is 19.3. The van der Waals surface area contributed by atoms with E-state index in [4.69, 9.17) is 4.74 Å². The number of ether oxygens (including phenoxy) is 1. The predicted octanol–water partition coefficient (Wildman–Crippen LogP) is 1.44. The number of urea groups is 1. The molecule has 4 aliphatic heterocycles. The number of amides is 3. The molecule has 35 heavy (non-hydrogen) atoms. The summed E-state index contributed by atoms with van der Waals surface area (Å²) in [6, 6.07) is -0.0884. The van der Waals surface area contributed by atoms with Crippen LogP contribution in [0, 0.1) is 17.3 Å². The molecule has 1 aromatic rings. The monoisotopic (exact) mass is 494 g/mol. The van der Waals surface area contributed by atoms with Gasteiger partial charge in [0.1, 0.15) is 12.4 Å². The molecule has 2 atom stereocenters. The van der Waals surface area contributed by atoms with Gasteiger partial charge in [-0.25, -0.2) is 9.78 Å². The lowest BCUT2D eigenvalue weighted by Crippen LogP contribution is -2.68. The van der Waals surface area contributed by atoms with Crippen molar-refractivity contribution >= 4 is 17.8 Å². The van der Waals surface area contributed by atoms with Crippen molar-refractivity contribution in [2.75, 3.05) is 50.8 Å². The van der Waals surface area contributed by atoms with Crippen molar-refractivity contribution in [1.29, 1.82) is 0 Å². The predicted molar refractivity (Wildman–Crippen MR) is 117 cm³/mol. The van der Waals surface area contributed by atoms with E-state index >= 15 is 0 Å². The molecule has 1 spiro atoms. The highest BCUT2D eigenvalue weighted by Gasteiger charge is 2.54. The third-order valence-corrected chi connectivity index (χ3v) is 8.22. The molecule has 1 saturated carbocycles. The minimum atomic E-state index is -4.15. The Hall–Kier alpha value is -2.63. The summed E-state index contributed by atoms with van der Waals surface area (Å²) in [4.78, 5) is 38.6. The molecule has 4 saturated heterocycles. The Morgan fingerprint density at radius 3 is 2.60 bits per heavy atom. The van der Waals surface area contributed by atoms with Crippen molar-refractivity contribution in [3.8, 4) is 0 Å². The van der Waals surface area contributed by atoms with E-state index in [2.05, 4.69) is 15.3 Å². The molecule has 9 nitrogen and oxygen atoms in total. The first kappa shape index (κ1) is 22.8. The number of aromatic nitrogens is 2. The maximum atomic E-state index is 12.9. The zero-order valence-electron chi connectivity index (χ0n) is 19.3. The molecule has 5 heterocycles. The molecule has 0 aromatic carbocycles. The molecule has 5 aliphatic rings. The molecule has 1 aliphatic carbocycles. The Labute approximate surface area is 201 Å². The summed E-state index contributed by atoms with van der Waals surface area (Å²) in [7, 11) is 0. The number of alkyl halides is 3. The van der Waals surface area contributed by atoms with Crippen LogP contribution in [0.2, 0.25) is 0 Å². The van der Waals surface area contributed by atoms with Crippen LogP contribution < -0.4 is 10.2 Å². The van der Waals surface area contributed by atoms with Crippen LogP contribution in [0.25, 0.3) is 0 Å². The second-order valence-corrected chi connectivity index (χ2v) is 10.9. The summed E-state index contributed by atoms with van der Waals surface area (Å²) in [5.74, 6) is -0.427. The van der Waals surface area contributed by atoms with Crippen molar-refractivity contribution in [1.82, 2.24) is 25.1 Å². The highest BCUT2D eigenvalue weighted by atomic mass is 19.4. The van der Waals surface area contributed by atoms with Gasteiger partial charge in [-0.05, 0) is 31.6 Å². The largest absolute Gasteiger partial charge is 0.395 e. The van der Waals surface area contributed by atoms with E-state index in [9.17, 15) is 22.8 Å². The minimum absolute atomic E-state index is 0.00764. The van der Waals surface area contributed by atoms with Gasteiger partial charge in [-0.15, -0.1) is 0 Å². The van der Waals surface area contributed by atoms with Gasteiger partial charge < -0.3 is 24.8 Å². The van der Waals surface area contributed by atoms with E-state index in [0.717, 1.165) is 44.5 Å². The van der Waals surface area contributed by atoms with Crippen molar-refractivity contribution in [2.24, 2.45) is 17.3 Å². The van der Waals surface area contributed by atoms with E-state index in [1.165, 1.54) is 0 Å². The number of nitrogens with one attached hydrogen (secondary N) is 1. The van der Waals surface area contributed by atoms with Crippen LogP contribution in [-0.2, 0) is 16.0 Å². The lowest BCUT2D eigenvalue weighted by molar-refractivity contribution is -0.180. The average molecular weight is 495 g/mol. The fourth-order valence-corrected chi connectivity index (χ4v) is 6.32. The van der Waals surface area contributed by atoms with Crippen molar-refractivity contribution in [3.05, 3.63) is 18.1 Å². The van der Waals surface area contributed by atoms with Gasteiger partial charge in [0, 0.05) is 44.7 Å². The number of hydrogen-bond acceptors (Lipinski definition) is 6. The SMILES string of the molecule is O=C1CO[C@H]2CCN(C(=O)N3CC4(CC(Cc5cnc(N6CC(C(F)(F)F)C6)cn5)C4)C3)C[C@H]2N1. The lowest BCUT2D eigenvalue weighted by atomic mass is 9.57. The van der Waals surface area contributed by atoms with E-state index in [1.807, 2.05) is 9.80 Å². The number of nitrogens with zero attached hydrogens (tertiary/aromatic N) is 5. The van der Waals surface area contributed by atoms with Crippen LogP contribution in [0.5, 0.6) is 0 Å². The van der Waals surface area contributed by atoms with Gasteiger partial charge in [-0.2, -0.15) is 13.2 Å². The van der Waals surface area contributed by atoms with Crippen molar-refractivity contribution < 1.29 is 27.5 Å². The molecule has 12 heteroatoms. The van der Waals surface area contributed by atoms with E-state index < -0.39 is 12.1 Å². The zero-order chi connectivity index (χ0) is 24.4. The normalized spacial score (nSPS) is 28.7. The molecular weight excluding hydrogens is 465 g/mol. The smallest absolute Gasteiger partial charge is 0.366 e. The Bertz CT molecular complexity index is 985. The van der Waals surface area contributed by atoms with Crippen LogP contribution in [0.15, 0.2) is 12.4 Å². The number of fused-ring (bicyclic) bond motifs is 1. The van der Waals surface area contributed by atoms with E-state index in [0.29, 0.717) is 24.8 Å². The van der Waals surface area contributed by atoms with Crippen LogP contribution in [0.3, 0.4) is 0 Å². The number of likely N-dealkylation sites (tertiary alicyclic amines) is 2. The van der Waals surface area contributed by atoms with Crippen LogP contribution in [0.4, 0.5) is 23.8 Å². The number of carbonyl (C=O) groups excluding carboxylic acids is 2. The maximum Gasteiger partial charge on any atom is 0.395 e. The third kappa shape index (κ3) is 4.30.